The first-order chi connectivity index (χ1) is 4.43. The Morgan fingerprint density at radius 2 is 2.56 bits per heavy atom. The van der Waals surface area contributed by atoms with Gasteiger partial charge in [0.25, 0.3) is 0 Å². The number of allylic oxidation sites excluding steroid dienone is 3. The molecule has 9 heavy (non-hydrogen) atoms. The molecular weight excluding hydrogens is 110 g/mol. The lowest BCUT2D eigenvalue weighted by molar-refractivity contribution is 0.897. The van der Waals surface area contributed by atoms with Gasteiger partial charge in [0.15, 0.2) is 0 Å². The molecule has 0 heterocycles. The molecule has 1 N–H and O–H groups in total. The summed E-state index contributed by atoms with van der Waals surface area (Å²) >= 11 is 0. The molecule has 1 nitrogen and oxygen atoms in total. The van der Waals surface area contributed by atoms with Crippen molar-refractivity contribution in [3.8, 4) is 0 Å². The fraction of sp³-hybridized carbons (Fsp3) is 0.375. The van der Waals surface area contributed by atoms with Crippen LogP contribution in [0.2, 0.25) is 0 Å². The third-order valence-electron chi connectivity index (χ3n) is 1.38. The molecule has 1 aliphatic rings. The summed E-state index contributed by atoms with van der Waals surface area (Å²) in [5.74, 6) is 0. The van der Waals surface area contributed by atoms with E-state index in [2.05, 4.69) is 23.5 Å². The number of hydrogen-bond acceptors (Lipinski definition) is 1. The second kappa shape index (κ2) is 3.46. The van der Waals surface area contributed by atoms with E-state index in [1.807, 2.05) is 13.6 Å². The minimum absolute atomic E-state index is 1.18. The predicted octanol–water partition coefficient (Wildman–Crippen LogP) is 1.64. The summed E-state index contributed by atoms with van der Waals surface area (Å²) in [7, 11) is 1.93. The van der Waals surface area contributed by atoms with Crippen LogP contribution in [0, 0.1) is 6.54 Å². The van der Waals surface area contributed by atoms with Gasteiger partial charge in [-0.2, -0.15) is 0 Å². The molecule has 1 aliphatic carbocycles. The minimum atomic E-state index is 1.18. The van der Waals surface area contributed by atoms with Gasteiger partial charge in [-0.3, -0.25) is 0 Å². The van der Waals surface area contributed by atoms with Gasteiger partial charge in [0, 0.05) is 6.54 Å². The average Bonchev–Trinajstić information content (AvgIpc) is 1.91. The Morgan fingerprint density at radius 1 is 1.67 bits per heavy atom. The van der Waals surface area contributed by atoms with Gasteiger partial charge >= 0.3 is 0 Å². The third-order valence-corrected chi connectivity index (χ3v) is 1.38. The molecule has 0 saturated carbocycles. The van der Waals surface area contributed by atoms with Gasteiger partial charge in [-0.05, 0) is 19.9 Å². The van der Waals surface area contributed by atoms with Crippen molar-refractivity contribution in [3.63, 3.8) is 0 Å². The molecule has 1 rings (SSSR count). The molecule has 0 atom stereocenters. The Balaban J connectivity index is 2.38. The largest absolute Gasteiger partial charge is 0.312 e. The SMILES string of the molecule is CN[CH]C1=CC=CCC1. The molecule has 1 heteroatoms. The molecule has 0 saturated heterocycles. The lowest BCUT2D eigenvalue weighted by Crippen LogP contribution is -2.03. The molecule has 0 aromatic rings. The van der Waals surface area contributed by atoms with Gasteiger partial charge in [0.2, 0.25) is 0 Å². The van der Waals surface area contributed by atoms with Crippen molar-refractivity contribution in [1.29, 1.82) is 0 Å². The molecule has 1 radical (unpaired) electrons. The zero-order valence-corrected chi connectivity index (χ0v) is 5.72. The quantitative estimate of drug-likeness (QED) is 0.587. The maximum atomic E-state index is 3.01. The first-order valence-electron chi connectivity index (χ1n) is 3.29. The third kappa shape index (κ3) is 2.02. The summed E-state index contributed by atoms with van der Waals surface area (Å²) < 4.78 is 0. The van der Waals surface area contributed by atoms with E-state index in [0.29, 0.717) is 0 Å². The van der Waals surface area contributed by atoms with Gasteiger partial charge in [0.05, 0.1) is 0 Å². The summed E-state index contributed by atoms with van der Waals surface area (Å²) in [5, 5.41) is 3.01. The maximum absolute atomic E-state index is 3.01. The average molecular weight is 122 g/mol. The molecule has 0 unspecified atom stereocenters. The van der Waals surface area contributed by atoms with Crippen LogP contribution >= 0.6 is 0 Å². The van der Waals surface area contributed by atoms with Crippen LogP contribution in [-0.2, 0) is 0 Å². The monoisotopic (exact) mass is 122 g/mol. The van der Waals surface area contributed by atoms with Crippen LogP contribution in [-0.4, -0.2) is 7.05 Å². The highest BCUT2D eigenvalue weighted by molar-refractivity contribution is 5.22. The minimum Gasteiger partial charge on any atom is -0.312 e. The van der Waals surface area contributed by atoms with Gasteiger partial charge in [0.1, 0.15) is 0 Å². The lowest BCUT2D eigenvalue weighted by Gasteiger charge is -2.05. The van der Waals surface area contributed by atoms with Crippen molar-refractivity contribution in [2.75, 3.05) is 7.05 Å². The second-order valence-electron chi connectivity index (χ2n) is 2.14. The zero-order chi connectivity index (χ0) is 6.53. The smallest absolute Gasteiger partial charge is 0.0475 e. The summed E-state index contributed by atoms with van der Waals surface area (Å²) in [4.78, 5) is 0. The van der Waals surface area contributed by atoms with Crippen molar-refractivity contribution in [1.82, 2.24) is 5.32 Å². The lowest BCUT2D eigenvalue weighted by atomic mass is 10.1. The van der Waals surface area contributed by atoms with Gasteiger partial charge < -0.3 is 5.32 Å². The molecule has 0 bridgehead atoms. The van der Waals surface area contributed by atoms with Crippen molar-refractivity contribution in [2.45, 2.75) is 12.8 Å². The van der Waals surface area contributed by atoms with E-state index in [4.69, 9.17) is 0 Å². The van der Waals surface area contributed by atoms with E-state index in [0.717, 1.165) is 0 Å². The van der Waals surface area contributed by atoms with Crippen LogP contribution in [0.15, 0.2) is 23.8 Å². The van der Waals surface area contributed by atoms with Crippen LogP contribution in [0.25, 0.3) is 0 Å². The van der Waals surface area contributed by atoms with E-state index >= 15 is 0 Å². The first-order valence-corrected chi connectivity index (χ1v) is 3.29. The molecule has 49 valence electrons. The second-order valence-corrected chi connectivity index (χ2v) is 2.14. The molecular formula is C8H12N. The molecule has 0 aliphatic heterocycles. The highest BCUT2D eigenvalue weighted by Gasteiger charge is 1.96. The van der Waals surface area contributed by atoms with E-state index in [-0.39, 0.29) is 0 Å². The zero-order valence-electron chi connectivity index (χ0n) is 5.72. The van der Waals surface area contributed by atoms with Crippen LogP contribution in [0.5, 0.6) is 0 Å². The number of nitrogens with one attached hydrogen (secondary N) is 1. The van der Waals surface area contributed by atoms with Crippen molar-refractivity contribution < 1.29 is 0 Å². The maximum Gasteiger partial charge on any atom is 0.0475 e. The predicted molar refractivity (Wildman–Crippen MR) is 39.8 cm³/mol. The number of hydrogen-bond donors (Lipinski definition) is 1. The van der Waals surface area contributed by atoms with E-state index in [9.17, 15) is 0 Å². The van der Waals surface area contributed by atoms with Crippen LogP contribution in [0.4, 0.5) is 0 Å². The number of likely N-dealkylation sites (N-methyl/N-ethyl adjacent to an activating group) is 1. The van der Waals surface area contributed by atoms with E-state index in [1.54, 1.807) is 0 Å². The van der Waals surface area contributed by atoms with Gasteiger partial charge in [-0.15, -0.1) is 0 Å². The standard InChI is InChI=1S/C8H12N/c1-9-7-8-5-3-2-4-6-8/h2-3,5,7,9H,4,6H2,1H3. The Bertz CT molecular complexity index is 134. The Labute approximate surface area is 56.5 Å². The Kier molecular flexibility index (Phi) is 2.52. The molecule has 0 aromatic heterocycles. The first kappa shape index (κ1) is 6.56. The van der Waals surface area contributed by atoms with Crippen molar-refractivity contribution >= 4 is 0 Å². The molecule has 0 fully saturated rings. The fourth-order valence-electron chi connectivity index (χ4n) is 0.927. The van der Waals surface area contributed by atoms with Crippen molar-refractivity contribution in [3.05, 3.63) is 30.3 Å². The van der Waals surface area contributed by atoms with Crippen LogP contribution in [0.1, 0.15) is 12.8 Å². The van der Waals surface area contributed by atoms with Crippen LogP contribution in [0.3, 0.4) is 0 Å². The molecule has 0 amide bonds. The van der Waals surface area contributed by atoms with Crippen LogP contribution < -0.4 is 5.32 Å². The Hall–Kier alpha value is -0.560. The summed E-state index contributed by atoms with van der Waals surface area (Å²) in [6, 6.07) is 0. The highest BCUT2D eigenvalue weighted by atomic mass is 14.8. The highest BCUT2D eigenvalue weighted by Crippen LogP contribution is 2.11. The summed E-state index contributed by atoms with van der Waals surface area (Å²) in [5.41, 5.74) is 1.39. The molecule has 0 spiro atoms. The normalized spacial score (nSPS) is 17.7. The van der Waals surface area contributed by atoms with Gasteiger partial charge in [-0.1, -0.05) is 23.8 Å². The number of rotatable bonds is 2. The summed E-state index contributed by atoms with van der Waals surface area (Å²) in [6.45, 7) is 2.05. The van der Waals surface area contributed by atoms with Gasteiger partial charge in [-0.25, -0.2) is 0 Å². The van der Waals surface area contributed by atoms with E-state index in [1.165, 1.54) is 18.4 Å². The fourth-order valence-corrected chi connectivity index (χ4v) is 0.927. The Morgan fingerprint density at radius 3 is 3.11 bits per heavy atom. The topological polar surface area (TPSA) is 12.0 Å². The molecule has 0 aromatic carbocycles. The van der Waals surface area contributed by atoms with E-state index < -0.39 is 0 Å². The summed E-state index contributed by atoms with van der Waals surface area (Å²) in [6.07, 6.45) is 8.79. The van der Waals surface area contributed by atoms with Crippen molar-refractivity contribution in [2.24, 2.45) is 0 Å².